The van der Waals surface area contributed by atoms with Crippen molar-refractivity contribution in [2.45, 2.75) is 21.9 Å². The minimum Gasteiger partial charge on any atom is -0.781 e. The Hall–Kier alpha value is -3.61. The van der Waals surface area contributed by atoms with Crippen LogP contribution in [-0.2, 0) is 41.7 Å². The third kappa shape index (κ3) is 5.91. The summed E-state index contributed by atoms with van der Waals surface area (Å²) in [5.41, 5.74) is 3.62. The first-order chi connectivity index (χ1) is 16.6. The van der Waals surface area contributed by atoms with Crippen LogP contribution < -0.4 is 0 Å². The molecule has 4 aromatic carbocycles. The molecule has 0 amide bonds. The zero-order chi connectivity index (χ0) is 23.9. The molecule has 0 aromatic heterocycles. The van der Waals surface area contributed by atoms with Crippen LogP contribution in [-0.4, -0.2) is 0 Å². The summed E-state index contributed by atoms with van der Waals surface area (Å²) >= 11 is 11.1. The van der Waals surface area contributed by atoms with Gasteiger partial charge in [0.1, 0.15) is 0 Å². The Morgan fingerprint density at radius 2 is 0.886 bits per heavy atom. The van der Waals surface area contributed by atoms with Gasteiger partial charge in [0.05, 0.1) is 23.3 Å². The number of rotatable bonds is 7. The van der Waals surface area contributed by atoms with Crippen LogP contribution in [0.25, 0.3) is 10.6 Å². The van der Waals surface area contributed by atoms with E-state index >= 15 is 0 Å². The molecule has 0 saturated carbocycles. The first kappa shape index (κ1) is 26.0. The summed E-state index contributed by atoms with van der Waals surface area (Å²) in [4.78, 5) is 1.19. The maximum absolute atomic E-state index is 9.86. The van der Waals surface area contributed by atoms with E-state index in [9.17, 15) is 10.5 Å². The van der Waals surface area contributed by atoms with Gasteiger partial charge in [-0.15, -0.1) is 12.1 Å². The normalized spacial score (nSPS) is 11.7. The number of nitriles is 2. The van der Waals surface area contributed by atoms with Crippen molar-refractivity contribution in [2.24, 2.45) is 0 Å². The molecule has 0 fully saturated rings. The third-order valence-corrected chi connectivity index (χ3v) is 6.08. The number of benzene rings is 4. The van der Waals surface area contributed by atoms with E-state index in [1.807, 2.05) is 84.9 Å². The quantitative estimate of drug-likeness (QED) is 0.183. The molecule has 0 aliphatic heterocycles. The molecule has 0 spiro atoms. The molecule has 4 aromatic rings. The summed E-state index contributed by atoms with van der Waals surface area (Å²) in [5.74, 6) is 0. The van der Waals surface area contributed by atoms with E-state index in [0.29, 0.717) is 43.4 Å². The van der Waals surface area contributed by atoms with Gasteiger partial charge in [-0.3, -0.25) is 0 Å². The molecule has 0 aliphatic carbocycles. The van der Waals surface area contributed by atoms with Crippen molar-refractivity contribution in [1.29, 1.82) is 10.5 Å². The Kier molecular flexibility index (Phi) is 9.07. The second-order valence-electron chi connectivity index (χ2n) is 7.48. The molecular weight excluding hydrogens is 515 g/mol. The van der Waals surface area contributed by atoms with Crippen molar-refractivity contribution in [1.82, 2.24) is 0 Å². The van der Waals surface area contributed by atoms with Crippen molar-refractivity contribution in [3.05, 3.63) is 130 Å². The van der Waals surface area contributed by atoms with Gasteiger partial charge < -0.3 is 35.9 Å². The van der Waals surface area contributed by atoms with Gasteiger partial charge in [-0.1, -0.05) is 84.9 Å². The molecule has 0 heterocycles. The molecule has 0 aliphatic rings. The van der Waals surface area contributed by atoms with Crippen LogP contribution in [0.5, 0.6) is 0 Å². The molecule has 4 rings (SSSR count). The van der Waals surface area contributed by atoms with Gasteiger partial charge in [-0.2, -0.15) is 31.7 Å². The van der Waals surface area contributed by atoms with Gasteiger partial charge in [0.2, 0.25) is 0 Å². The van der Waals surface area contributed by atoms with Crippen LogP contribution in [0.1, 0.15) is 34.3 Å². The average molecular weight is 533 g/mol. The molecule has 2 unspecified atom stereocenters. The molecule has 0 N–H and O–H groups in total. The summed E-state index contributed by atoms with van der Waals surface area (Å²) in [6.45, 7) is 0. The van der Waals surface area contributed by atoms with Gasteiger partial charge in [-0.25, -0.2) is 0 Å². The fourth-order valence-corrected chi connectivity index (χ4v) is 4.16. The van der Waals surface area contributed by atoms with Crippen LogP contribution >= 0.6 is 0 Å². The number of hydrogen-bond donors (Lipinski definition) is 0. The Balaban J connectivity index is 0.00000342. The van der Waals surface area contributed by atoms with Gasteiger partial charge in [0, 0.05) is 16.5 Å². The van der Waals surface area contributed by atoms with Crippen molar-refractivity contribution < 1.29 is 16.5 Å². The predicted octanol–water partition coefficient (Wildman–Crippen LogP) is 7.43. The Morgan fingerprint density at radius 1 is 0.543 bits per heavy atom. The Bertz CT molecular complexity index is 1290. The van der Waals surface area contributed by atoms with Crippen LogP contribution in [0.15, 0.2) is 107 Å². The minimum atomic E-state index is -0.621. The van der Waals surface area contributed by atoms with Crippen molar-refractivity contribution in [3.63, 3.8) is 0 Å². The molecule has 176 valence electrons. The predicted molar refractivity (Wildman–Crippen MR) is 138 cm³/mol. The Labute approximate surface area is 226 Å². The topological polar surface area (TPSA) is 75.8 Å². The SMILES string of the molecule is N#Cc1ccccc1C([N-]c1ccccc1[S-])C([N-]c1ccccc1[S-])c1ccccc1C#N.[Ni]. The van der Waals surface area contributed by atoms with Gasteiger partial charge in [0.15, 0.2) is 0 Å². The fraction of sp³-hybridized carbons (Fsp3) is 0.0714. The van der Waals surface area contributed by atoms with Crippen molar-refractivity contribution in [2.75, 3.05) is 0 Å². The van der Waals surface area contributed by atoms with E-state index in [0.717, 1.165) is 0 Å². The number of hydrogen-bond acceptors (Lipinski definition) is 4. The molecule has 0 saturated heterocycles. The van der Waals surface area contributed by atoms with Gasteiger partial charge >= 0.3 is 0 Å². The van der Waals surface area contributed by atoms with Gasteiger partial charge in [-0.05, 0) is 23.3 Å². The van der Waals surface area contributed by atoms with Crippen LogP contribution in [0.3, 0.4) is 0 Å². The van der Waals surface area contributed by atoms with Crippen LogP contribution in [0.2, 0.25) is 0 Å². The van der Waals surface area contributed by atoms with E-state index in [1.54, 1.807) is 12.1 Å². The molecule has 0 bridgehead atoms. The smallest absolute Gasteiger partial charge is 0.0994 e. The maximum Gasteiger partial charge on any atom is 0.0994 e. The van der Waals surface area contributed by atoms with Gasteiger partial charge in [0.25, 0.3) is 0 Å². The van der Waals surface area contributed by atoms with Crippen LogP contribution in [0, 0.1) is 22.7 Å². The summed E-state index contributed by atoms with van der Waals surface area (Å²) < 4.78 is 0. The molecule has 7 heteroatoms. The first-order valence-electron chi connectivity index (χ1n) is 10.5. The Morgan fingerprint density at radius 3 is 1.26 bits per heavy atom. The second kappa shape index (κ2) is 12.2. The summed E-state index contributed by atoms with van der Waals surface area (Å²) in [6, 6.07) is 32.7. The molecule has 2 atom stereocenters. The van der Waals surface area contributed by atoms with E-state index in [-0.39, 0.29) is 16.5 Å². The fourth-order valence-electron chi connectivity index (χ4n) is 3.76. The van der Waals surface area contributed by atoms with Crippen molar-refractivity contribution >= 4 is 36.6 Å². The molecule has 4 nitrogen and oxygen atoms in total. The largest absolute Gasteiger partial charge is 0.781 e. The minimum absolute atomic E-state index is 0. The summed E-state index contributed by atoms with van der Waals surface area (Å²) in [6.07, 6.45) is 0. The van der Waals surface area contributed by atoms with Crippen LogP contribution in [0.4, 0.5) is 11.4 Å². The van der Waals surface area contributed by atoms with E-state index < -0.39 is 12.1 Å². The standard InChI is InChI=1S/C28H20N4S2.Ni/c29-17-19-9-1-3-11-21(19)27(31-23-13-5-7-15-25(23)33)28(22-12-4-2-10-20(22)18-30)32-24-14-6-8-16-26(24)34;/h1-16,27-28,33-34H;/q-2;/p-2. The first-order valence-corrected chi connectivity index (χ1v) is 11.4. The zero-order valence-corrected chi connectivity index (χ0v) is 20.9. The number of nitrogens with zero attached hydrogens (tertiary/aromatic N) is 4. The van der Waals surface area contributed by atoms with E-state index in [1.165, 1.54) is 0 Å². The monoisotopic (exact) mass is 532 g/mol. The van der Waals surface area contributed by atoms with E-state index in [4.69, 9.17) is 35.9 Å². The van der Waals surface area contributed by atoms with Crippen molar-refractivity contribution in [3.8, 4) is 12.1 Å². The van der Waals surface area contributed by atoms with E-state index in [2.05, 4.69) is 12.1 Å². The summed E-state index contributed by atoms with van der Waals surface area (Å²) in [5, 5.41) is 29.8. The zero-order valence-electron chi connectivity index (χ0n) is 18.3. The summed E-state index contributed by atoms with van der Waals surface area (Å²) in [7, 11) is 0. The third-order valence-electron chi connectivity index (χ3n) is 5.39. The second-order valence-corrected chi connectivity index (χ2v) is 8.36. The molecule has 35 heavy (non-hydrogen) atoms. The molecule has 0 radical (unpaired) electrons. The average Bonchev–Trinajstić information content (AvgIpc) is 2.88. The molecular formula is C28H18N4NiS2-4. The number of para-hydroxylation sites is 2. The maximum atomic E-state index is 9.86.